The molecular formula is C22H25NO6. The molecule has 1 heterocycles. The first-order valence-corrected chi connectivity index (χ1v) is 9.44. The molecule has 0 N–H and O–H groups in total. The second kappa shape index (κ2) is 9.93. The highest BCUT2D eigenvalue weighted by Gasteiger charge is 2.30. The van der Waals surface area contributed by atoms with Crippen LogP contribution in [0.3, 0.4) is 0 Å². The Balaban J connectivity index is 1.75. The first-order chi connectivity index (χ1) is 14.1. The van der Waals surface area contributed by atoms with Gasteiger partial charge in [-0.15, -0.1) is 0 Å². The fourth-order valence-corrected chi connectivity index (χ4v) is 3.17. The molecule has 0 radical (unpaired) electrons. The molecule has 7 nitrogen and oxygen atoms in total. The molecule has 0 spiro atoms. The van der Waals surface area contributed by atoms with Crippen LogP contribution >= 0.6 is 0 Å². The molecule has 2 aromatic carbocycles. The lowest BCUT2D eigenvalue weighted by molar-refractivity contribution is -0.162. The number of carbonyl (C=O) groups excluding carboxylic acids is 2. The van der Waals surface area contributed by atoms with E-state index in [0.29, 0.717) is 48.9 Å². The molecule has 29 heavy (non-hydrogen) atoms. The van der Waals surface area contributed by atoms with Gasteiger partial charge in [-0.3, -0.25) is 9.59 Å². The molecule has 1 aliphatic rings. The van der Waals surface area contributed by atoms with Crippen molar-refractivity contribution in [1.82, 2.24) is 4.90 Å². The van der Waals surface area contributed by atoms with Crippen LogP contribution in [0, 0.1) is 0 Å². The third-order valence-corrected chi connectivity index (χ3v) is 4.70. The van der Waals surface area contributed by atoms with Crippen LogP contribution in [-0.4, -0.2) is 57.3 Å². The van der Waals surface area contributed by atoms with E-state index in [9.17, 15) is 9.59 Å². The molecule has 1 aliphatic heterocycles. The number of esters is 1. The minimum absolute atomic E-state index is 0.0140. The van der Waals surface area contributed by atoms with Gasteiger partial charge in [0.2, 0.25) is 6.10 Å². The monoisotopic (exact) mass is 399 g/mol. The molecule has 1 fully saturated rings. The van der Waals surface area contributed by atoms with Crippen molar-refractivity contribution in [3.05, 3.63) is 59.7 Å². The van der Waals surface area contributed by atoms with Gasteiger partial charge in [0.1, 0.15) is 0 Å². The number of methoxy groups -OCH3 is 2. The van der Waals surface area contributed by atoms with E-state index in [4.69, 9.17) is 18.9 Å². The van der Waals surface area contributed by atoms with Crippen molar-refractivity contribution >= 4 is 11.9 Å². The van der Waals surface area contributed by atoms with Gasteiger partial charge in [0.25, 0.3) is 5.91 Å². The van der Waals surface area contributed by atoms with Gasteiger partial charge < -0.3 is 23.8 Å². The topological polar surface area (TPSA) is 74.3 Å². The molecule has 0 unspecified atom stereocenters. The lowest BCUT2D eigenvalue weighted by Gasteiger charge is -2.30. The zero-order valence-electron chi connectivity index (χ0n) is 16.6. The SMILES string of the molecule is COc1ccc(CC(=O)O[C@H](C(=O)N2CCOCC2)c2ccccc2)cc1OC. The Hall–Kier alpha value is -3.06. The van der Waals surface area contributed by atoms with E-state index in [1.165, 1.54) is 7.11 Å². The standard InChI is InChI=1S/C22H25NO6/c1-26-18-9-8-16(14-19(18)27-2)15-20(24)29-21(17-6-4-3-5-7-17)22(25)23-10-12-28-13-11-23/h3-9,14,21H,10-13,15H2,1-2H3/t21-/m0/s1. The predicted molar refractivity (Wildman–Crippen MR) is 106 cm³/mol. The number of hydrogen-bond donors (Lipinski definition) is 0. The van der Waals surface area contributed by atoms with E-state index in [0.717, 1.165) is 0 Å². The summed E-state index contributed by atoms with van der Waals surface area (Å²) in [6, 6.07) is 14.3. The molecule has 0 bridgehead atoms. The summed E-state index contributed by atoms with van der Waals surface area (Å²) < 4.78 is 21.4. The summed E-state index contributed by atoms with van der Waals surface area (Å²) in [5.74, 6) is 0.379. The van der Waals surface area contributed by atoms with Crippen molar-refractivity contribution in [2.24, 2.45) is 0 Å². The van der Waals surface area contributed by atoms with Crippen LogP contribution in [0.5, 0.6) is 11.5 Å². The molecule has 1 saturated heterocycles. The maximum absolute atomic E-state index is 13.0. The summed E-state index contributed by atoms with van der Waals surface area (Å²) in [6.07, 6.45) is -0.970. The Labute approximate surface area is 170 Å². The van der Waals surface area contributed by atoms with Gasteiger partial charge in [0, 0.05) is 18.7 Å². The zero-order chi connectivity index (χ0) is 20.6. The molecular weight excluding hydrogens is 374 g/mol. The Morgan fingerprint density at radius 3 is 2.34 bits per heavy atom. The highest BCUT2D eigenvalue weighted by Crippen LogP contribution is 2.28. The molecule has 2 aromatic rings. The minimum atomic E-state index is -0.984. The quantitative estimate of drug-likeness (QED) is 0.666. The highest BCUT2D eigenvalue weighted by atomic mass is 16.5. The first-order valence-electron chi connectivity index (χ1n) is 9.44. The number of nitrogens with zero attached hydrogens (tertiary/aromatic N) is 1. The summed E-state index contributed by atoms with van der Waals surface area (Å²) in [6.45, 7) is 1.92. The normalized spacial score (nSPS) is 14.8. The van der Waals surface area contributed by atoms with Crippen molar-refractivity contribution in [3.8, 4) is 11.5 Å². The molecule has 1 amide bonds. The van der Waals surface area contributed by atoms with Crippen LogP contribution in [0.1, 0.15) is 17.2 Å². The molecule has 0 saturated carbocycles. The number of hydrogen-bond acceptors (Lipinski definition) is 6. The number of morpholine rings is 1. The van der Waals surface area contributed by atoms with Crippen LogP contribution in [0.15, 0.2) is 48.5 Å². The van der Waals surface area contributed by atoms with Crippen molar-refractivity contribution in [1.29, 1.82) is 0 Å². The second-order valence-corrected chi connectivity index (χ2v) is 6.58. The summed E-state index contributed by atoms with van der Waals surface area (Å²) in [4.78, 5) is 27.3. The number of rotatable bonds is 7. The number of carbonyl (C=O) groups is 2. The highest BCUT2D eigenvalue weighted by molar-refractivity contribution is 5.85. The fraction of sp³-hybridized carbons (Fsp3) is 0.364. The van der Waals surface area contributed by atoms with Crippen LogP contribution in [0.4, 0.5) is 0 Å². The minimum Gasteiger partial charge on any atom is -0.493 e. The Kier molecular flexibility index (Phi) is 7.08. The molecule has 3 rings (SSSR count). The van der Waals surface area contributed by atoms with E-state index >= 15 is 0 Å². The van der Waals surface area contributed by atoms with Crippen molar-refractivity contribution < 1.29 is 28.5 Å². The third kappa shape index (κ3) is 5.26. The number of benzene rings is 2. The average Bonchev–Trinajstić information content (AvgIpc) is 2.78. The molecule has 1 atom stereocenters. The third-order valence-electron chi connectivity index (χ3n) is 4.70. The maximum Gasteiger partial charge on any atom is 0.311 e. The number of ether oxygens (including phenoxy) is 4. The van der Waals surface area contributed by atoms with Crippen molar-refractivity contribution in [3.63, 3.8) is 0 Å². The Morgan fingerprint density at radius 1 is 1.00 bits per heavy atom. The summed E-state index contributed by atoms with van der Waals surface area (Å²) in [5.41, 5.74) is 1.35. The molecule has 0 aromatic heterocycles. The maximum atomic E-state index is 13.0. The van der Waals surface area contributed by atoms with Gasteiger partial charge in [-0.25, -0.2) is 0 Å². The molecule has 7 heteroatoms. The Bertz CT molecular complexity index is 832. The van der Waals surface area contributed by atoms with Gasteiger partial charge in [-0.05, 0) is 17.7 Å². The van der Waals surface area contributed by atoms with Crippen LogP contribution in [0.25, 0.3) is 0 Å². The van der Waals surface area contributed by atoms with E-state index in [-0.39, 0.29) is 12.3 Å². The van der Waals surface area contributed by atoms with E-state index < -0.39 is 12.1 Å². The van der Waals surface area contributed by atoms with Gasteiger partial charge in [-0.2, -0.15) is 0 Å². The van der Waals surface area contributed by atoms with Gasteiger partial charge >= 0.3 is 5.97 Å². The Morgan fingerprint density at radius 2 is 1.69 bits per heavy atom. The fourth-order valence-electron chi connectivity index (χ4n) is 3.17. The van der Waals surface area contributed by atoms with Crippen LogP contribution in [-0.2, 0) is 25.5 Å². The van der Waals surface area contributed by atoms with Crippen molar-refractivity contribution in [2.45, 2.75) is 12.5 Å². The van der Waals surface area contributed by atoms with Crippen LogP contribution in [0.2, 0.25) is 0 Å². The summed E-state index contributed by atoms with van der Waals surface area (Å²) >= 11 is 0. The van der Waals surface area contributed by atoms with Gasteiger partial charge in [0.05, 0.1) is 33.9 Å². The van der Waals surface area contributed by atoms with E-state index in [2.05, 4.69) is 0 Å². The van der Waals surface area contributed by atoms with Crippen molar-refractivity contribution in [2.75, 3.05) is 40.5 Å². The predicted octanol–water partition coefficient (Wildman–Crippen LogP) is 2.39. The first kappa shape index (κ1) is 20.7. The lowest BCUT2D eigenvalue weighted by Crippen LogP contribution is -2.44. The van der Waals surface area contributed by atoms with E-state index in [1.54, 1.807) is 42.3 Å². The van der Waals surface area contributed by atoms with E-state index in [1.807, 2.05) is 18.2 Å². The summed E-state index contributed by atoms with van der Waals surface area (Å²) in [7, 11) is 3.08. The largest absolute Gasteiger partial charge is 0.493 e. The molecule has 0 aliphatic carbocycles. The molecule has 154 valence electrons. The summed E-state index contributed by atoms with van der Waals surface area (Å²) in [5, 5.41) is 0. The smallest absolute Gasteiger partial charge is 0.311 e. The zero-order valence-corrected chi connectivity index (χ0v) is 16.6. The second-order valence-electron chi connectivity index (χ2n) is 6.58. The van der Waals surface area contributed by atoms with Gasteiger partial charge in [-0.1, -0.05) is 36.4 Å². The average molecular weight is 399 g/mol. The lowest BCUT2D eigenvalue weighted by atomic mass is 10.1. The number of amides is 1. The van der Waals surface area contributed by atoms with Gasteiger partial charge in [0.15, 0.2) is 11.5 Å². The van der Waals surface area contributed by atoms with Crippen LogP contribution < -0.4 is 9.47 Å².